The molecule has 0 unspecified atom stereocenters. The maximum atomic E-state index is 11.8. The highest BCUT2D eigenvalue weighted by atomic mass is 79.9. The molecule has 3 rings (SSSR count). The highest BCUT2D eigenvalue weighted by Crippen LogP contribution is 2.23. The molecule has 0 fully saturated rings. The van der Waals surface area contributed by atoms with E-state index >= 15 is 0 Å². The van der Waals surface area contributed by atoms with Crippen LogP contribution >= 0.6 is 27.7 Å². The Labute approximate surface area is 140 Å². The van der Waals surface area contributed by atoms with Crippen molar-refractivity contribution in [1.29, 1.82) is 0 Å². The molecule has 0 amide bonds. The minimum Gasteiger partial charge on any atom is -0.460 e. The Morgan fingerprint density at radius 1 is 1.18 bits per heavy atom. The molecule has 6 heteroatoms. The second-order valence-corrected chi connectivity index (χ2v) is 6.37. The van der Waals surface area contributed by atoms with Crippen molar-refractivity contribution in [3.05, 3.63) is 58.6 Å². The van der Waals surface area contributed by atoms with Crippen molar-refractivity contribution in [2.75, 3.05) is 5.75 Å². The van der Waals surface area contributed by atoms with Crippen LogP contribution < -0.4 is 0 Å². The molecule has 0 spiro atoms. The van der Waals surface area contributed by atoms with Crippen LogP contribution in [0.3, 0.4) is 0 Å². The molecule has 0 atom stereocenters. The summed E-state index contributed by atoms with van der Waals surface area (Å²) >= 11 is 4.59. The third-order valence-electron chi connectivity index (χ3n) is 2.90. The first-order valence-electron chi connectivity index (χ1n) is 6.59. The Bertz CT molecular complexity index is 752. The summed E-state index contributed by atoms with van der Waals surface area (Å²) in [6, 6.07) is 15.1. The molecule has 0 radical (unpaired) electrons. The molecule has 0 aliphatic rings. The molecule has 22 heavy (non-hydrogen) atoms. The SMILES string of the molecule is O=C(CSc1nc2ccccc2o1)OCc1ccc(Br)cc1. The van der Waals surface area contributed by atoms with Crippen LogP contribution in [0.25, 0.3) is 11.1 Å². The van der Waals surface area contributed by atoms with Crippen LogP contribution in [0.1, 0.15) is 5.56 Å². The number of halogens is 1. The molecular weight excluding hydrogens is 366 g/mol. The maximum absolute atomic E-state index is 11.8. The summed E-state index contributed by atoms with van der Waals surface area (Å²) in [7, 11) is 0. The average molecular weight is 378 g/mol. The first-order valence-corrected chi connectivity index (χ1v) is 8.37. The van der Waals surface area contributed by atoms with Gasteiger partial charge in [0.25, 0.3) is 5.22 Å². The molecule has 0 saturated carbocycles. The summed E-state index contributed by atoms with van der Waals surface area (Å²) in [6.45, 7) is 0.264. The molecule has 0 saturated heterocycles. The van der Waals surface area contributed by atoms with E-state index < -0.39 is 0 Å². The third kappa shape index (κ3) is 3.90. The van der Waals surface area contributed by atoms with Crippen molar-refractivity contribution in [3.8, 4) is 0 Å². The van der Waals surface area contributed by atoms with Gasteiger partial charge < -0.3 is 9.15 Å². The van der Waals surface area contributed by atoms with Crippen LogP contribution in [-0.2, 0) is 16.1 Å². The number of hydrogen-bond acceptors (Lipinski definition) is 5. The standard InChI is InChI=1S/C16H12BrNO3S/c17-12-7-5-11(6-8-12)9-20-15(19)10-22-16-18-13-3-1-2-4-14(13)21-16/h1-8H,9-10H2. The van der Waals surface area contributed by atoms with Crippen molar-refractivity contribution in [2.45, 2.75) is 11.8 Å². The minimum absolute atomic E-state index is 0.170. The maximum Gasteiger partial charge on any atom is 0.316 e. The van der Waals surface area contributed by atoms with E-state index in [-0.39, 0.29) is 18.3 Å². The largest absolute Gasteiger partial charge is 0.460 e. The number of oxazole rings is 1. The number of thioether (sulfide) groups is 1. The number of ether oxygens (including phenoxy) is 1. The number of aromatic nitrogens is 1. The van der Waals surface area contributed by atoms with Gasteiger partial charge in [-0.25, -0.2) is 4.98 Å². The molecule has 0 aliphatic heterocycles. The number of hydrogen-bond donors (Lipinski definition) is 0. The lowest BCUT2D eigenvalue weighted by Crippen LogP contribution is -2.07. The molecule has 3 aromatic rings. The van der Waals surface area contributed by atoms with Crippen molar-refractivity contribution < 1.29 is 13.9 Å². The summed E-state index contributed by atoms with van der Waals surface area (Å²) in [6.07, 6.45) is 0. The lowest BCUT2D eigenvalue weighted by atomic mass is 10.2. The van der Waals surface area contributed by atoms with Crippen LogP contribution in [0.4, 0.5) is 0 Å². The number of rotatable bonds is 5. The minimum atomic E-state index is -0.296. The summed E-state index contributed by atoms with van der Waals surface area (Å²) in [4.78, 5) is 16.0. The van der Waals surface area contributed by atoms with Gasteiger partial charge >= 0.3 is 5.97 Å². The average Bonchev–Trinajstić information content (AvgIpc) is 2.95. The van der Waals surface area contributed by atoms with E-state index in [4.69, 9.17) is 9.15 Å². The number of carbonyl (C=O) groups excluding carboxylic acids is 1. The molecule has 1 aromatic heterocycles. The Kier molecular flexibility index (Phi) is 4.80. The molecule has 0 N–H and O–H groups in total. The summed E-state index contributed by atoms with van der Waals surface area (Å²) in [5.41, 5.74) is 2.45. The lowest BCUT2D eigenvalue weighted by Gasteiger charge is -2.04. The van der Waals surface area contributed by atoms with Gasteiger partial charge in [0.05, 0.1) is 0 Å². The fourth-order valence-corrected chi connectivity index (χ4v) is 2.72. The number of esters is 1. The van der Waals surface area contributed by atoms with Gasteiger partial charge in [-0.1, -0.05) is 52.0 Å². The van der Waals surface area contributed by atoms with E-state index in [1.807, 2.05) is 48.5 Å². The van der Waals surface area contributed by atoms with Crippen LogP contribution in [-0.4, -0.2) is 16.7 Å². The quantitative estimate of drug-likeness (QED) is 0.486. The van der Waals surface area contributed by atoms with Crippen molar-refractivity contribution in [3.63, 3.8) is 0 Å². The Morgan fingerprint density at radius 2 is 1.95 bits per heavy atom. The van der Waals surface area contributed by atoms with E-state index in [2.05, 4.69) is 20.9 Å². The molecule has 112 valence electrons. The van der Waals surface area contributed by atoms with Gasteiger partial charge in [-0.2, -0.15) is 0 Å². The highest BCUT2D eigenvalue weighted by Gasteiger charge is 2.10. The fraction of sp³-hybridized carbons (Fsp3) is 0.125. The molecule has 0 bridgehead atoms. The van der Waals surface area contributed by atoms with Gasteiger partial charge in [0.1, 0.15) is 17.9 Å². The molecular formula is C16H12BrNO3S. The molecule has 0 aliphatic carbocycles. The number of fused-ring (bicyclic) bond motifs is 1. The zero-order valence-electron chi connectivity index (χ0n) is 11.5. The predicted molar refractivity (Wildman–Crippen MR) is 88.7 cm³/mol. The highest BCUT2D eigenvalue weighted by molar-refractivity contribution is 9.10. The van der Waals surface area contributed by atoms with Gasteiger partial charge in [-0.15, -0.1) is 0 Å². The van der Waals surface area contributed by atoms with E-state index in [9.17, 15) is 4.79 Å². The lowest BCUT2D eigenvalue weighted by molar-refractivity contribution is -0.141. The van der Waals surface area contributed by atoms with Gasteiger partial charge in [-0.05, 0) is 29.8 Å². The van der Waals surface area contributed by atoms with E-state index in [0.717, 1.165) is 15.6 Å². The monoisotopic (exact) mass is 377 g/mol. The second-order valence-electron chi connectivity index (χ2n) is 4.52. The van der Waals surface area contributed by atoms with Crippen molar-refractivity contribution in [1.82, 2.24) is 4.98 Å². The zero-order valence-corrected chi connectivity index (χ0v) is 13.9. The smallest absolute Gasteiger partial charge is 0.316 e. The van der Waals surface area contributed by atoms with Gasteiger partial charge in [0, 0.05) is 4.47 Å². The van der Waals surface area contributed by atoms with Gasteiger partial charge in [-0.3, -0.25) is 4.79 Å². The summed E-state index contributed by atoms with van der Waals surface area (Å²) in [5.74, 6) is -0.126. The first-order chi connectivity index (χ1) is 10.7. The van der Waals surface area contributed by atoms with Crippen LogP contribution in [0, 0.1) is 0 Å². The molecule has 2 aromatic carbocycles. The first kappa shape index (κ1) is 15.1. The zero-order chi connectivity index (χ0) is 15.4. The van der Waals surface area contributed by atoms with Crippen molar-refractivity contribution in [2.24, 2.45) is 0 Å². The normalized spacial score (nSPS) is 10.8. The van der Waals surface area contributed by atoms with E-state index in [0.29, 0.717) is 10.8 Å². The fourth-order valence-electron chi connectivity index (χ4n) is 1.82. The van der Waals surface area contributed by atoms with E-state index in [1.165, 1.54) is 11.8 Å². The van der Waals surface area contributed by atoms with Gasteiger partial charge in [0.2, 0.25) is 0 Å². The van der Waals surface area contributed by atoms with Crippen LogP contribution in [0.2, 0.25) is 0 Å². The number of benzene rings is 2. The van der Waals surface area contributed by atoms with Crippen LogP contribution in [0.5, 0.6) is 0 Å². The summed E-state index contributed by atoms with van der Waals surface area (Å²) in [5, 5.41) is 0.474. The second kappa shape index (κ2) is 6.98. The third-order valence-corrected chi connectivity index (χ3v) is 4.23. The molecule has 4 nitrogen and oxygen atoms in total. The predicted octanol–water partition coefficient (Wildman–Crippen LogP) is 4.43. The Morgan fingerprint density at radius 3 is 2.73 bits per heavy atom. The number of nitrogens with zero attached hydrogens (tertiary/aromatic N) is 1. The Hall–Kier alpha value is -1.79. The topological polar surface area (TPSA) is 52.3 Å². The summed E-state index contributed by atoms with van der Waals surface area (Å²) < 4.78 is 11.7. The van der Waals surface area contributed by atoms with Crippen LogP contribution in [0.15, 0.2) is 62.6 Å². The number of para-hydroxylation sites is 2. The van der Waals surface area contributed by atoms with E-state index in [1.54, 1.807) is 0 Å². The number of carbonyl (C=O) groups is 1. The van der Waals surface area contributed by atoms with Crippen molar-refractivity contribution >= 4 is 44.8 Å². The van der Waals surface area contributed by atoms with Gasteiger partial charge in [0.15, 0.2) is 5.58 Å². The Balaban J connectivity index is 1.50. The molecule has 1 heterocycles.